The van der Waals surface area contributed by atoms with Crippen molar-refractivity contribution >= 4 is 0 Å². The first-order valence-electron chi connectivity index (χ1n) is 4.65. The van der Waals surface area contributed by atoms with Crippen LogP contribution in [-0.2, 0) is 0 Å². The van der Waals surface area contributed by atoms with Gasteiger partial charge in [-0.25, -0.2) is 0 Å². The zero-order valence-corrected chi connectivity index (χ0v) is 9.30. The van der Waals surface area contributed by atoms with Crippen molar-refractivity contribution in [2.45, 2.75) is 37.9 Å². The molecule has 5 nitrogen and oxygen atoms in total. The normalized spacial score (nSPS) is 17.6. The monoisotopic (exact) mass is 208 g/mol. The molecule has 0 fully saturated rings. The van der Waals surface area contributed by atoms with E-state index in [1.807, 2.05) is 21.1 Å². The van der Waals surface area contributed by atoms with Crippen LogP contribution in [0.25, 0.3) is 0 Å². The van der Waals surface area contributed by atoms with Gasteiger partial charge in [-0.3, -0.25) is 0 Å². The SMILES string of the molecule is CC(CCC(O)O)(C(O)O)[N+](C)(C)C. The third kappa shape index (κ3) is 3.18. The van der Waals surface area contributed by atoms with Crippen LogP contribution in [0.5, 0.6) is 0 Å². The molecule has 0 rings (SSSR count). The fourth-order valence-electron chi connectivity index (χ4n) is 1.23. The van der Waals surface area contributed by atoms with Gasteiger partial charge in [0.1, 0.15) is 5.54 Å². The summed E-state index contributed by atoms with van der Waals surface area (Å²) in [5, 5.41) is 36.1. The van der Waals surface area contributed by atoms with Crippen LogP contribution >= 0.6 is 0 Å². The highest BCUT2D eigenvalue weighted by molar-refractivity contribution is 4.77. The van der Waals surface area contributed by atoms with Gasteiger partial charge in [0.15, 0.2) is 6.29 Å². The average Bonchev–Trinajstić information content (AvgIpc) is 1.97. The summed E-state index contributed by atoms with van der Waals surface area (Å²) in [5.74, 6) is 0. The summed E-state index contributed by atoms with van der Waals surface area (Å²) in [5.41, 5.74) is -0.802. The van der Waals surface area contributed by atoms with Crippen LogP contribution in [0, 0.1) is 0 Å². The van der Waals surface area contributed by atoms with Crippen LogP contribution in [0.3, 0.4) is 0 Å². The summed E-state index contributed by atoms with van der Waals surface area (Å²) in [4.78, 5) is 0. The predicted octanol–water partition coefficient (Wildman–Crippen LogP) is -1.15. The number of quaternary nitrogens is 1. The molecule has 5 heteroatoms. The Morgan fingerprint density at radius 3 is 1.71 bits per heavy atom. The highest BCUT2D eigenvalue weighted by atomic mass is 16.5. The molecule has 0 spiro atoms. The van der Waals surface area contributed by atoms with Crippen molar-refractivity contribution in [1.82, 2.24) is 0 Å². The fourth-order valence-corrected chi connectivity index (χ4v) is 1.23. The molecule has 0 aliphatic rings. The highest BCUT2D eigenvalue weighted by Gasteiger charge is 2.44. The molecular weight excluding hydrogens is 186 g/mol. The average molecular weight is 208 g/mol. The molecule has 0 aromatic rings. The van der Waals surface area contributed by atoms with Gasteiger partial charge in [0, 0.05) is 12.8 Å². The molecule has 0 saturated heterocycles. The van der Waals surface area contributed by atoms with Gasteiger partial charge in [0.05, 0.1) is 21.1 Å². The fraction of sp³-hybridized carbons (Fsp3) is 1.00. The lowest BCUT2D eigenvalue weighted by atomic mass is 9.91. The summed E-state index contributed by atoms with van der Waals surface area (Å²) in [6.07, 6.45) is -2.43. The van der Waals surface area contributed by atoms with E-state index in [-0.39, 0.29) is 6.42 Å². The number of rotatable bonds is 5. The Bertz CT molecular complexity index is 176. The van der Waals surface area contributed by atoms with Gasteiger partial charge in [-0.1, -0.05) is 0 Å². The lowest BCUT2D eigenvalue weighted by Crippen LogP contribution is -2.61. The highest BCUT2D eigenvalue weighted by Crippen LogP contribution is 2.27. The molecule has 0 bridgehead atoms. The molecule has 0 aliphatic carbocycles. The molecule has 0 aromatic carbocycles. The Kier molecular flexibility index (Phi) is 4.48. The van der Waals surface area contributed by atoms with Crippen LogP contribution in [0.1, 0.15) is 19.8 Å². The van der Waals surface area contributed by atoms with E-state index in [4.69, 9.17) is 10.2 Å². The van der Waals surface area contributed by atoms with E-state index in [1.165, 1.54) is 0 Å². The van der Waals surface area contributed by atoms with Crippen molar-refractivity contribution in [1.29, 1.82) is 0 Å². The van der Waals surface area contributed by atoms with E-state index in [1.54, 1.807) is 6.92 Å². The van der Waals surface area contributed by atoms with Crippen molar-refractivity contribution < 1.29 is 24.9 Å². The molecule has 4 N–H and O–H groups in total. The van der Waals surface area contributed by atoms with Crippen LogP contribution in [-0.4, -0.2) is 64.2 Å². The lowest BCUT2D eigenvalue weighted by molar-refractivity contribution is -0.930. The smallest absolute Gasteiger partial charge is 0.208 e. The van der Waals surface area contributed by atoms with Gasteiger partial charge in [-0.05, 0) is 6.92 Å². The van der Waals surface area contributed by atoms with Crippen molar-refractivity contribution in [3.8, 4) is 0 Å². The standard InChI is InChI=1S/C9H22NO4/c1-9(8(13)14,10(2,3)4)6-5-7(11)12/h7-8,11-14H,5-6H2,1-4H3/q+1. The van der Waals surface area contributed by atoms with E-state index < -0.39 is 18.1 Å². The Hall–Kier alpha value is -0.200. The number of likely N-dealkylation sites (N-methyl/N-ethyl adjacent to an activating group) is 1. The van der Waals surface area contributed by atoms with Crippen molar-refractivity contribution in [3.63, 3.8) is 0 Å². The molecule has 0 aromatic heterocycles. The number of hydrogen-bond acceptors (Lipinski definition) is 4. The first kappa shape index (κ1) is 13.8. The molecule has 86 valence electrons. The second kappa shape index (κ2) is 4.55. The zero-order valence-electron chi connectivity index (χ0n) is 9.30. The largest absolute Gasteiger partial charge is 0.368 e. The second-order valence-electron chi connectivity index (χ2n) is 4.76. The van der Waals surface area contributed by atoms with Crippen molar-refractivity contribution in [2.75, 3.05) is 21.1 Å². The summed E-state index contributed by atoms with van der Waals surface area (Å²) < 4.78 is 0.345. The zero-order chi connectivity index (χ0) is 11.6. The van der Waals surface area contributed by atoms with E-state index in [9.17, 15) is 10.2 Å². The molecule has 0 saturated carbocycles. The minimum atomic E-state index is -1.48. The Morgan fingerprint density at radius 2 is 1.50 bits per heavy atom. The van der Waals surface area contributed by atoms with Crippen LogP contribution < -0.4 is 0 Å². The summed E-state index contributed by atoms with van der Waals surface area (Å²) >= 11 is 0. The summed E-state index contributed by atoms with van der Waals surface area (Å²) in [6.45, 7) is 1.71. The predicted molar refractivity (Wildman–Crippen MR) is 52.1 cm³/mol. The number of hydrogen-bond donors (Lipinski definition) is 4. The van der Waals surface area contributed by atoms with Gasteiger partial charge in [-0.2, -0.15) is 0 Å². The molecule has 0 amide bonds. The van der Waals surface area contributed by atoms with E-state index in [0.717, 1.165) is 0 Å². The van der Waals surface area contributed by atoms with E-state index in [0.29, 0.717) is 10.9 Å². The molecule has 0 aliphatic heterocycles. The maximum Gasteiger partial charge on any atom is 0.208 e. The van der Waals surface area contributed by atoms with E-state index in [2.05, 4.69) is 0 Å². The topological polar surface area (TPSA) is 80.9 Å². The summed E-state index contributed by atoms with van der Waals surface area (Å²) in [7, 11) is 5.51. The van der Waals surface area contributed by atoms with Gasteiger partial charge >= 0.3 is 0 Å². The van der Waals surface area contributed by atoms with Crippen molar-refractivity contribution in [3.05, 3.63) is 0 Å². The van der Waals surface area contributed by atoms with Gasteiger partial charge in [0.25, 0.3) is 0 Å². The first-order valence-corrected chi connectivity index (χ1v) is 4.65. The molecular formula is C9H22NO4+. The quantitative estimate of drug-likeness (QED) is 0.340. The van der Waals surface area contributed by atoms with Gasteiger partial charge < -0.3 is 24.9 Å². The Labute approximate surface area is 84.8 Å². The molecule has 0 radical (unpaired) electrons. The molecule has 1 atom stereocenters. The lowest BCUT2D eigenvalue weighted by Gasteiger charge is -2.45. The van der Waals surface area contributed by atoms with Crippen LogP contribution in [0.4, 0.5) is 0 Å². The number of aliphatic hydroxyl groups excluding tert-OH is 2. The Balaban J connectivity index is 4.58. The van der Waals surface area contributed by atoms with Crippen LogP contribution in [0.15, 0.2) is 0 Å². The number of aliphatic hydroxyl groups is 4. The molecule has 14 heavy (non-hydrogen) atoms. The van der Waals surface area contributed by atoms with Crippen LogP contribution in [0.2, 0.25) is 0 Å². The maximum atomic E-state index is 9.30. The molecule has 0 heterocycles. The first-order chi connectivity index (χ1) is 6.11. The third-order valence-electron chi connectivity index (χ3n) is 3.00. The third-order valence-corrected chi connectivity index (χ3v) is 3.00. The second-order valence-corrected chi connectivity index (χ2v) is 4.76. The van der Waals surface area contributed by atoms with Crippen molar-refractivity contribution in [2.24, 2.45) is 0 Å². The number of nitrogens with zero attached hydrogens (tertiary/aromatic N) is 1. The van der Waals surface area contributed by atoms with E-state index >= 15 is 0 Å². The minimum Gasteiger partial charge on any atom is -0.368 e. The van der Waals surface area contributed by atoms with Gasteiger partial charge in [-0.15, -0.1) is 0 Å². The maximum absolute atomic E-state index is 9.30. The molecule has 1 unspecified atom stereocenters. The Morgan fingerprint density at radius 1 is 1.07 bits per heavy atom. The summed E-state index contributed by atoms with van der Waals surface area (Å²) in [6, 6.07) is 0. The van der Waals surface area contributed by atoms with Gasteiger partial charge in [0.2, 0.25) is 6.29 Å². The minimum absolute atomic E-state index is 0.129.